The highest BCUT2D eigenvalue weighted by Gasteiger charge is 2.07. The minimum atomic E-state index is 0.0854. The number of nitrogens with zero attached hydrogens (tertiary/aromatic N) is 3. The average molecular weight is 424 g/mol. The van der Waals surface area contributed by atoms with Crippen molar-refractivity contribution in [2.45, 2.75) is 6.54 Å². The van der Waals surface area contributed by atoms with Crippen molar-refractivity contribution < 1.29 is 9.47 Å². The third kappa shape index (κ3) is 6.49. The lowest BCUT2D eigenvalue weighted by atomic mass is 10.2. The predicted octanol–water partition coefficient (Wildman–Crippen LogP) is 5.01. The second-order valence-corrected chi connectivity index (χ2v) is 6.44. The van der Waals surface area contributed by atoms with Gasteiger partial charge in [-0.1, -0.05) is 43.5 Å². The number of rotatable bonds is 11. The summed E-state index contributed by atoms with van der Waals surface area (Å²) in [5.74, 6) is 2.18. The quantitative estimate of drug-likeness (QED) is 0.419. The molecule has 1 heterocycles. The van der Waals surface area contributed by atoms with Gasteiger partial charge in [-0.05, 0) is 41.4 Å². The maximum atomic E-state index is 6.06. The van der Waals surface area contributed by atoms with E-state index in [1.165, 1.54) is 0 Å². The number of nitrogens with one attached hydrogen (secondary N) is 2. The van der Waals surface area contributed by atoms with Crippen LogP contribution in [0, 0.1) is 0 Å². The Balaban J connectivity index is 1.63. The highest BCUT2D eigenvalue weighted by atomic mass is 35.5. The second kappa shape index (κ2) is 10.8. The molecule has 0 aliphatic carbocycles. The number of halogens is 1. The van der Waals surface area contributed by atoms with E-state index in [2.05, 4.69) is 38.7 Å². The van der Waals surface area contributed by atoms with Crippen molar-refractivity contribution in [3.63, 3.8) is 0 Å². The van der Waals surface area contributed by atoms with Gasteiger partial charge in [-0.3, -0.25) is 0 Å². The summed E-state index contributed by atoms with van der Waals surface area (Å²) in [7, 11) is 0. The molecule has 0 aliphatic rings. The summed E-state index contributed by atoms with van der Waals surface area (Å²) in [4.78, 5) is 12.6. The van der Waals surface area contributed by atoms with Crippen LogP contribution in [-0.2, 0) is 6.54 Å². The Kier molecular flexibility index (Phi) is 7.63. The van der Waals surface area contributed by atoms with E-state index in [4.69, 9.17) is 21.1 Å². The second-order valence-electron chi connectivity index (χ2n) is 6.10. The van der Waals surface area contributed by atoms with Gasteiger partial charge in [0.2, 0.25) is 17.2 Å². The van der Waals surface area contributed by atoms with Gasteiger partial charge in [-0.25, -0.2) is 0 Å². The lowest BCUT2D eigenvalue weighted by molar-refractivity contribution is 0.363. The smallest absolute Gasteiger partial charge is 0.233 e. The van der Waals surface area contributed by atoms with E-state index >= 15 is 0 Å². The first-order chi connectivity index (χ1) is 14.7. The van der Waals surface area contributed by atoms with Crippen molar-refractivity contribution in [2.24, 2.45) is 0 Å². The molecule has 0 saturated heterocycles. The Bertz CT molecular complexity index is 995. The van der Waals surface area contributed by atoms with Crippen molar-refractivity contribution in [1.29, 1.82) is 0 Å². The van der Waals surface area contributed by atoms with Crippen LogP contribution in [0.15, 0.2) is 73.8 Å². The minimum absolute atomic E-state index is 0.0854. The summed E-state index contributed by atoms with van der Waals surface area (Å²) >= 11 is 6.06. The van der Waals surface area contributed by atoms with Gasteiger partial charge >= 0.3 is 0 Å². The van der Waals surface area contributed by atoms with E-state index in [0.29, 0.717) is 37.4 Å². The van der Waals surface area contributed by atoms with Gasteiger partial charge in [0.15, 0.2) is 0 Å². The van der Waals surface area contributed by atoms with Crippen LogP contribution in [0.3, 0.4) is 0 Å². The van der Waals surface area contributed by atoms with Gasteiger partial charge in [0.25, 0.3) is 0 Å². The molecule has 3 aromatic rings. The normalized spacial score (nSPS) is 10.2. The molecule has 2 aromatic carbocycles. The Labute approximate surface area is 180 Å². The molecule has 0 spiro atoms. The monoisotopic (exact) mass is 423 g/mol. The van der Waals surface area contributed by atoms with Crippen LogP contribution >= 0.6 is 11.6 Å². The molecule has 0 aliphatic heterocycles. The van der Waals surface area contributed by atoms with Gasteiger partial charge in [0.1, 0.15) is 24.7 Å². The summed E-state index contributed by atoms with van der Waals surface area (Å²) in [6.45, 7) is 8.69. The van der Waals surface area contributed by atoms with Crippen molar-refractivity contribution in [3.8, 4) is 11.5 Å². The summed E-state index contributed by atoms with van der Waals surface area (Å²) in [5, 5.41) is 6.35. The first-order valence-electron chi connectivity index (χ1n) is 9.25. The lowest BCUT2D eigenvalue weighted by Crippen LogP contribution is -2.07. The average Bonchev–Trinajstić information content (AvgIpc) is 2.75. The van der Waals surface area contributed by atoms with Crippen LogP contribution in [0.25, 0.3) is 0 Å². The highest BCUT2D eigenvalue weighted by Crippen LogP contribution is 2.21. The van der Waals surface area contributed by atoms with Crippen LogP contribution in [0.2, 0.25) is 5.28 Å². The molecule has 0 bridgehead atoms. The molecule has 0 saturated carbocycles. The molecule has 0 unspecified atom stereocenters. The zero-order valence-electron chi connectivity index (χ0n) is 16.3. The summed E-state index contributed by atoms with van der Waals surface area (Å²) in [6.07, 6.45) is 3.39. The van der Waals surface area contributed by atoms with E-state index < -0.39 is 0 Å². The van der Waals surface area contributed by atoms with E-state index in [0.717, 1.165) is 17.0 Å². The number of benzene rings is 2. The molecule has 0 radical (unpaired) electrons. The van der Waals surface area contributed by atoms with Crippen LogP contribution < -0.4 is 20.1 Å². The van der Waals surface area contributed by atoms with E-state index in [9.17, 15) is 0 Å². The maximum Gasteiger partial charge on any atom is 0.233 e. The number of hydrogen-bond acceptors (Lipinski definition) is 7. The molecule has 30 heavy (non-hydrogen) atoms. The number of hydrogen-bond donors (Lipinski definition) is 2. The molecule has 3 rings (SSSR count). The van der Waals surface area contributed by atoms with Gasteiger partial charge in [-0.15, -0.1) is 0 Å². The molecule has 154 valence electrons. The SMILES string of the molecule is C=CCOc1ccc(CNc2nc(Cl)nc(Nc3cccc(OCC=C)c3)n2)cc1. The first kappa shape index (κ1) is 21.1. The summed E-state index contributed by atoms with van der Waals surface area (Å²) in [5.41, 5.74) is 1.80. The zero-order valence-corrected chi connectivity index (χ0v) is 17.1. The number of aromatic nitrogens is 3. The first-order valence-corrected chi connectivity index (χ1v) is 9.63. The highest BCUT2D eigenvalue weighted by molar-refractivity contribution is 6.28. The molecule has 7 nitrogen and oxygen atoms in total. The van der Waals surface area contributed by atoms with Crippen molar-refractivity contribution in [1.82, 2.24) is 15.0 Å². The van der Waals surface area contributed by atoms with Gasteiger partial charge < -0.3 is 20.1 Å². The van der Waals surface area contributed by atoms with E-state index in [1.54, 1.807) is 12.2 Å². The fraction of sp³-hybridized carbons (Fsp3) is 0.136. The molecular weight excluding hydrogens is 402 g/mol. The van der Waals surface area contributed by atoms with E-state index in [1.807, 2.05) is 48.5 Å². The predicted molar refractivity (Wildman–Crippen MR) is 120 cm³/mol. The number of anilines is 3. The molecule has 1 aromatic heterocycles. The summed E-state index contributed by atoms with van der Waals surface area (Å²) in [6, 6.07) is 15.2. The van der Waals surface area contributed by atoms with Crippen LogP contribution in [-0.4, -0.2) is 28.2 Å². The lowest BCUT2D eigenvalue weighted by Gasteiger charge is -2.10. The van der Waals surface area contributed by atoms with Gasteiger partial charge in [-0.2, -0.15) is 15.0 Å². The molecule has 0 atom stereocenters. The van der Waals surface area contributed by atoms with E-state index in [-0.39, 0.29) is 5.28 Å². The third-order valence-corrected chi connectivity index (χ3v) is 3.98. The molecule has 2 N–H and O–H groups in total. The molecule has 0 amide bonds. The van der Waals surface area contributed by atoms with Crippen molar-refractivity contribution in [2.75, 3.05) is 23.8 Å². The molecule has 8 heteroatoms. The Morgan fingerprint density at radius 2 is 1.57 bits per heavy atom. The Morgan fingerprint density at radius 3 is 2.30 bits per heavy atom. The number of ether oxygens (including phenoxy) is 2. The Hall–Kier alpha value is -3.58. The molecule has 0 fully saturated rings. The van der Waals surface area contributed by atoms with Crippen LogP contribution in [0.5, 0.6) is 11.5 Å². The van der Waals surface area contributed by atoms with Gasteiger partial charge in [0.05, 0.1) is 0 Å². The van der Waals surface area contributed by atoms with Crippen molar-refractivity contribution >= 4 is 29.2 Å². The van der Waals surface area contributed by atoms with Crippen LogP contribution in [0.1, 0.15) is 5.56 Å². The standard InChI is InChI=1S/C22H22ClN5O2/c1-3-12-29-18-10-8-16(9-11-18)15-24-21-26-20(23)27-22(28-21)25-17-6-5-7-19(14-17)30-13-4-2/h3-11,14H,1-2,12-13,15H2,(H2,24,25,26,27,28). The summed E-state index contributed by atoms with van der Waals surface area (Å²) < 4.78 is 11.0. The third-order valence-electron chi connectivity index (χ3n) is 3.81. The maximum absolute atomic E-state index is 6.06. The molecular formula is C22H22ClN5O2. The minimum Gasteiger partial charge on any atom is -0.490 e. The Morgan fingerprint density at radius 1 is 0.867 bits per heavy atom. The van der Waals surface area contributed by atoms with Crippen LogP contribution in [0.4, 0.5) is 17.6 Å². The fourth-order valence-electron chi connectivity index (χ4n) is 2.47. The largest absolute Gasteiger partial charge is 0.490 e. The zero-order chi connectivity index (χ0) is 21.2. The van der Waals surface area contributed by atoms with Gasteiger partial charge in [0, 0.05) is 18.3 Å². The fourth-order valence-corrected chi connectivity index (χ4v) is 2.63. The van der Waals surface area contributed by atoms with Crippen molar-refractivity contribution in [3.05, 3.63) is 84.7 Å². The topological polar surface area (TPSA) is 81.2 Å².